The molecule has 0 bridgehead atoms. The van der Waals surface area contributed by atoms with Gasteiger partial charge < -0.3 is 5.73 Å². The topological polar surface area (TPSA) is 72.5 Å². The monoisotopic (exact) mass is 275 g/mol. The van der Waals surface area contributed by atoms with E-state index in [-0.39, 0.29) is 0 Å². The Morgan fingerprint density at radius 3 is 2.60 bits per heavy atom. The van der Waals surface area contributed by atoms with Gasteiger partial charge in [0, 0.05) is 0 Å². The van der Waals surface area contributed by atoms with Crippen LogP contribution in [0.4, 0.5) is 5.82 Å². The zero-order valence-electron chi connectivity index (χ0n) is 12.5. The average molecular weight is 275 g/mol. The number of nitrogen functional groups attached to an aromatic ring is 1. The first kappa shape index (κ1) is 13.5. The van der Waals surface area contributed by atoms with Crippen LogP contribution in [0.15, 0.2) is 0 Å². The van der Waals surface area contributed by atoms with Crippen LogP contribution in [-0.4, -0.2) is 20.0 Å². The van der Waals surface area contributed by atoms with Gasteiger partial charge >= 0.3 is 0 Å². The number of aromatic amines is 1. The molecule has 5 heteroatoms. The molecule has 5 nitrogen and oxygen atoms in total. The lowest BCUT2D eigenvalue weighted by Crippen LogP contribution is -2.11. The van der Waals surface area contributed by atoms with Crippen molar-refractivity contribution in [3.05, 3.63) is 5.69 Å². The Morgan fingerprint density at radius 1 is 1.25 bits per heavy atom. The standard InChI is InChI=1S/C15H25N5/c1-10(2)9-12-13-14(16)17-18-15(13)20(19-12)11-7-5-3-4-6-8-11/h10-11H,3-9H2,1-2H3,(H3,16,17,18). The largest absolute Gasteiger partial charge is 0.383 e. The number of nitrogens with zero attached hydrogens (tertiary/aromatic N) is 3. The second-order valence-electron chi connectivity index (χ2n) is 6.47. The molecule has 0 spiro atoms. The molecule has 1 aliphatic rings. The van der Waals surface area contributed by atoms with Crippen molar-refractivity contribution in [1.82, 2.24) is 20.0 Å². The van der Waals surface area contributed by atoms with Gasteiger partial charge in [-0.25, -0.2) is 4.68 Å². The van der Waals surface area contributed by atoms with Crippen molar-refractivity contribution < 1.29 is 0 Å². The molecule has 0 radical (unpaired) electrons. The molecule has 1 saturated carbocycles. The molecule has 2 aromatic rings. The lowest BCUT2D eigenvalue weighted by molar-refractivity contribution is 0.410. The van der Waals surface area contributed by atoms with Crippen LogP contribution in [-0.2, 0) is 6.42 Å². The van der Waals surface area contributed by atoms with Crippen LogP contribution in [0.1, 0.15) is 64.1 Å². The molecule has 0 saturated heterocycles. The molecule has 0 aliphatic heterocycles. The normalized spacial score (nSPS) is 17.9. The van der Waals surface area contributed by atoms with E-state index in [0.29, 0.717) is 17.8 Å². The summed E-state index contributed by atoms with van der Waals surface area (Å²) in [7, 11) is 0. The number of H-pyrrole nitrogens is 1. The third kappa shape index (κ3) is 2.41. The van der Waals surface area contributed by atoms with E-state index in [1.165, 1.54) is 38.5 Å². The SMILES string of the molecule is CC(C)Cc1nn(C2CCCCCC2)c2n[nH]c(N)c12. The first-order valence-electron chi connectivity index (χ1n) is 7.87. The number of anilines is 1. The van der Waals surface area contributed by atoms with Crippen LogP contribution in [0, 0.1) is 5.92 Å². The minimum absolute atomic E-state index is 0.489. The van der Waals surface area contributed by atoms with Crippen LogP contribution in [0.3, 0.4) is 0 Å². The minimum atomic E-state index is 0.489. The number of nitrogens with two attached hydrogens (primary N) is 1. The number of rotatable bonds is 3. The zero-order chi connectivity index (χ0) is 14.1. The summed E-state index contributed by atoms with van der Waals surface area (Å²) in [5, 5.41) is 13.2. The average Bonchev–Trinajstić information content (AvgIpc) is 2.80. The van der Waals surface area contributed by atoms with E-state index in [4.69, 9.17) is 10.8 Å². The summed E-state index contributed by atoms with van der Waals surface area (Å²) >= 11 is 0. The maximum atomic E-state index is 6.06. The summed E-state index contributed by atoms with van der Waals surface area (Å²) in [5.74, 6) is 1.24. The highest BCUT2D eigenvalue weighted by molar-refractivity contribution is 5.89. The predicted molar refractivity (Wildman–Crippen MR) is 81.6 cm³/mol. The number of nitrogens with one attached hydrogen (secondary N) is 1. The van der Waals surface area contributed by atoms with Crippen molar-refractivity contribution in [3.8, 4) is 0 Å². The van der Waals surface area contributed by atoms with Gasteiger partial charge in [0.25, 0.3) is 0 Å². The molecule has 2 heterocycles. The van der Waals surface area contributed by atoms with Crippen molar-refractivity contribution in [2.45, 2.75) is 64.8 Å². The molecular formula is C15H25N5. The Kier molecular flexibility index (Phi) is 3.68. The summed E-state index contributed by atoms with van der Waals surface area (Å²) in [4.78, 5) is 0. The highest BCUT2D eigenvalue weighted by Gasteiger charge is 2.23. The summed E-state index contributed by atoms with van der Waals surface area (Å²) in [6.07, 6.45) is 8.68. The first-order valence-corrected chi connectivity index (χ1v) is 7.87. The molecular weight excluding hydrogens is 250 g/mol. The fourth-order valence-corrected chi connectivity index (χ4v) is 3.31. The molecule has 110 valence electrons. The van der Waals surface area contributed by atoms with Crippen LogP contribution in [0.2, 0.25) is 0 Å². The lowest BCUT2D eigenvalue weighted by atomic mass is 10.1. The third-order valence-electron chi connectivity index (χ3n) is 4.28. The fourth-order valence-electron chi connectivity index (χ4n) is 3.31. The van der Waals surface area contributed by atoms with Crippen molar-refractivity contribution in [2.24, 2.45) is 5.92 Å². The second-order valence-corrected chi connectivity index (χ2v) is 6.47. The van der Waals surface area contributed by atoms with Gasteiger partial charge in [-0.2, -0.15) is 10.2 Å². The van der Waals surface area contributed by atoms with Gasteiger partial charge in [-0.1, -0.05) is 39.5 Å². The van der Waals surface area contributed by atoms with Gasteiger partial charge in [0.2, 0.25) is 0 Å². The first-order chi connectivity index (χ1) is 9.66. The molecule has 1 aliphatic carbocycles. The minimum Gasteiger partial charge on any atom is -0.383 e. The predicted octanol–water partition coefficient (Wildman–Crippen LogP) is 3.44. The molecule has 3 N–H and O–H groups in total. The van der Waals surface area contributed by atoms with Gasteiger partial charge in [0.1, 0.15) is 5.82 Å². The van der Waals surface area contributed by atoms with Crippen molar-refractivity contribution in [1.29, 1.82) is 0 Å². The summed E-state index contributed by atoms with van der Waals surface area (Å²) in [5.41, 5.74) is 8.11. The smallest absolute Gasteiger partial charge is 0.182 e. The number of hydrogen-bond donors (Lipinski definition) is 2. The number of hydrogen-bond acceptors (Lipinski definition) is 3. The van der Waals surface area contributed by atoms with Crippen LogP contribution in [0.5, 0.6) is 0 Å². The van der Waals surface area contributed by atoms with Crippen molar-refractivity contribution >= 4 is 16.9 Å². The van der Waals surface area contributed by atoms with E-state index in [0.717, 1.165) is 23.1 Å². The zero-order valence-corrected chi connectivity index (χ0v) is 12.5. The Morgan fingerprint density at radius 2 is 1.95 bits per heavy atom. The molecule has 0 unspecified atom stereocenters. The Balaban J connectivity index is 2.01. The molecule has 0 aromatic carbocycles. The summed E-state index contributed by atoms with van der Waals surface area (Å²) < 4.78 is 2.14. The van der Waals surface area contributed by atoms with Crippen LogP contribution >= 0.6 is 0 Å². The van der Waals surface area contributed by atoms with Crippen LogP contribution in [0.25, 0.3) is 11.0 Å². The van der Waals surface area contributed by atoms with Gasteiger partial charge in [0.15, 0.2) is 5.65 Å². The van der Waals surface area contributed by atoms with Gasteiger partial charge in [-0.05, 0) is 25.2 Å². The van der Waals surface area contributed by atoms with Crippen molar-refractivity contribution in [3.63, 3.8) is 0 Å². The molecule has 0 atom stereocenters. The molecule has 3 rings (SSSR count). The van der Waals surface area contributed by atoms with E-state index in [1.807, 2.05) is 0 Å². The fraction of sp³-hybridized carbons (Fsp3) is 0.733. The molecule has 1 fully saturated rings. The van der Waals surface area contributed by atoms with Gasteiger partial charge in [-0.3, -0.25) is 5.10 Å². The summed E-state index contributed by atoms with van der Waals surface area (Å²) in [6, 6.07) is 0.489. The van der Waals surface area contributed by atoms with E-state index in [2.05, 4.69) is 28.7 Å². The Labute approximate surface area is 119 Å². The van der Waals surface area contributed by atoms with Gasteiger partial charge in [0.05, 0.1) is 17.1 Å². The quantitative estimate of drug-likeness (QED) is 0.843. The van der Waals surface area contributed by atoms with E-state index in [9.17, 15) is 0 Å². The maximum absolute atomic E-state index is 6.06. The Bertz CT molecular complexity index is 572. The summed E-state index contributed by atoms with van der Waals surface area (Å²) in [6.45, 7) is 4.43. The number of aromatic nitrogens is 4. The van der Waals surface area contributed by atoms with E-state index in [1.54, 1.807) is 0 Å². The maximum Gasteiger partial charge on any atom is 0.182 e. The van der Waals surface area contributed by atoms with E-state index >= 15 is 0 Å². The third-order valence-corrected chi connectivity index (χ3v) is 4.28. The lowest BCUT2D eigenvalue weighted by Gasteiger charge is -2.14. The second kappa shape index (κ2) is 5.46. The number of fused-ring (bicyclic) bond motifs is 1. The van der Waals surface area contributed by atoms with Crippen molar-refractivity contribution in [2.75, 3.05) is 5.73 Å². The Hall–Kier alpha value is -1.52. The van der Waals surface area contributed by atoms with Gasteiger partial charge in [-0.15, -0.1) is 0 Å². The van der Waals surface area contributed by atoms with E-state index < -0.39 is 0 Å². The van der Waals surface area contributed by atoms with Crippen LogP contribution < -0.4 is 5.73 Å². The molecule has 2 aromatic heterocycles. The molecule has 0 amide bonds. The molecule has 20 heavy (non-hydrogen) atoms. The highest BCUT2D eigenvalue weighted by Crippen LogP contribution is 2.32. The highest BCUT2D eigenvalue weighted by atomic mass is 15.4.